The molecule has 5 heteroatoms. The van der Waals surface area contributed by atoms with Crippen molar-refractivity contribution in [2.24, 2.45) is 0 Å². The largest absolute Gasteiger partial charge is 0.508 e. The Kier molecular flexibility index (Phi) is 4.56. The third kappa shape index (κ3) is 3.69. The molecule has 0 aromatic heterocycles. The predicted octanol–water partition coefficient (Wildman–Crippen LogP) is 1.11. The quantitative estimate of drug-likeness (QED) is 0.806. The van der Waals surface area contributed by atoms with Gasteiger partial charge in [0.25, 0.3) is 5.91 Å². The number of hydrogen-bond acceptors (Lipinski definition) is 3. The number of phenols is 1. The van der Waals surface area contributed by atoms with Crippen LogP contribution in [-0.4, -0.2) is 54.4 Å². The molecule has 2 rings (SSSR count). The minimum atomic E-state index is -0.0620. The van der Waals surface area contributed by atoms with E-state index in [9.17, 15) is 4.79 Å². The van der Waals surface area contributed by atoms with Crippen molar-refractivity contribution < 1.29 is 9.90 Å². The van der Waals surface area contributed by atoms with Gasteiger partial charge in [0.05, 0.1) is 0 Å². The summed E-state index contributed by atoms with van der Waals surface area (Å²) in [5.41, 5.74) is 1.17. The fraction of sp³-hybridized carbons (Fsp3) is 0.462. The summed E-state index contributed by atoms with van der Waals surface area (Å²) in [5, 5.41) is 12.1. The third-order valence-electron chi connectivity index (χ3n) is 3.10. The number of rotatable bonds is 3. The van der Waals surface area contributed by atoms with Gasteiger partial charge in [0.1, 0.15) is 5.75 Å². The zero-order chi connectivity index (χ0) is 13.0. The van der Waals surface area contributed by atoms with Crippen LogP contribution >= 0.6 is 8.58 Å². The van der Waals surface area contributed by atoms with Crippen molar-refractivity contribution in [2.45, 2.75) is 5.66 Å². The molecule has 0 bridgehead atoms. The normalized spacial score (nSPS) is 21.9. The molecule has 0 aliphatic carbocycles. The van der Waals surface area contributed by atoms with Crippen molar-refractivity contribution in [2.75, 3.05) is 32.8 Å². The summed E-state index contributed by atoms with van der Waals surface area (Å²) in [6.45, 7) is 2.97. The SMILES string of the molecule is CN1CCPC(CNC(=O)c2ccc(O)cc2)C1. The van der Waals surface area contributed by atoms with E-state index in [2.05, 4.69) is 17.3 Å². The molecule has 98 valence electrons. The molecule has 1 aromatic carbocycles. The monoisotopic (exact) mass is 266 g/mol. The molecular formula is C13H19N2O2P. The number of carbonyl (C=O) groups is 1. The fourth-order valence-corrected chi connectivity index (χ4v) is 3.67. The van der Waals surface area contributed by atoms with Crippen LogP contribution in [0.3, 0.4) is 0 Å². The number of nitrogens with one attached hydrogen (secondary N) is 1. The maximum Gasteiger partial charge on any atom is 0.251 e. The van der Waals surface area contributed by atoms with Crippen LogP contribution in [-0.2, 0) is 0 Å². The molecule has 4 nitrogen and oxygen atoms in total. The van der Waals surface area contributed by atoms with Crippen molar-refractivity contribution in [3.05, 3.63) is 29.8 Å². The van der Waals surface area contributed by atoms with E-state index >= 15 is 0 Å². The molecule has 2 atom stereocenters. The zero-order valence-corrected chi connectivity index (χ0v) is 11.5. The molecule has 1 amide bonds. The molecule has 2 N–H and O–H groups in total. The van der Waals surface area contributed by atoms with Crippen LogP contribution in [0.2, 0.25) is 0 Å². The summed E-state index contributed by atoms with van der Waals surface area (Å²) in [5.74, 6) is 0.120. The Balaban J connectivity index is 1.82. The first-order chi connectivity index (χ1) is 8.65. The highest BCUT2D eigenvalue weighted by Crippen LogP contribution is 2.23. The summed E-state index contributed by atoms with van der Waals surface area (Å²) in [4.78, 5) is 14.2. The van der Waals surface area contributed by atoms with Gasteiger partial charge in [-0.1, -0.05) is 0 Å². The molecular weight excluding hydrogens is 247 g/mol. The van der Waals surface area contributed by atoms with E-state index in [1.165, 1.54) is 24.8 Å². The Morgan fingerprint density at radius 1 is 1.50 bits per heavy atom. The van der Waals surface area contributed by atoms with Gasteiger partial charge < -0.3 is 15.3 Å². The average Bonchev–Trinajstić information content (AvgIpc) is 2.37. The van der Waals surface area contributed by atoms with Crippen LogP contribution in [0.1, 0.15) is 10.4 Å². The van der Waals surface area contributed by atoms with Gasteiger partial charge in [0.2, 0.25) is 0 Å². The summed E-state index contributed by atoms with van der Waals surface area (Å²) < 4.78 is 0. The number of aromatic hydroxyl groups is 1. The van der Waals surface area contributed by atoms with Gasteiger partial charge in [-0.2, -0.15) is 0 Å². The second kappa shape index (κ2) is 6.17. The summed E-state index contributed by atoms with van der Waals surface area (Å²) in [6.07, 6.45) is 1.23. The fourth-order valence-electron chi connectivity index (χ4n) is 2.06. The minimum Gasteiger partial charge on any atom is -0.508 e. The predicted molar refractivity (Wildman–Crippen MR) is 74.9 cm³/mol. The Hall–Kier alpha value is -1.12. The lowest BCUT2D eigenvalue weighted by molar-refractivity contribution is 0.0952. The summed E-state index contributed by atoms with van der Waals surface area (Å²) >= 11 is 0. The van der Waals surface area contributed by atoms with E-state index in [0.29, 0.717) is 11.2 Å². The average molecular weight is 266 g/mol. The number of benzene rings is 1. The summed E-state index contributed by atoms with van der Waals surface area (Å²) in [6, 6.07) is 6.34. The third-order valence-corrected chi connectivity index (χ3v) is 4.57. The number of carbonyl (C=O) groups excluding carboxylic acids is 1. The topological polar surface area (TPSA) is 52.6 Å². The molecule has 1 fully saturated rings. The number of amides is 1. The molecule has 0 saturated carbocycles. The highest BCUT2D eigenvalue weighted by atomic mass is 31.1. The second-order valence-electron chi connectivity index (χ2n) is 4.67. The zero-order valence-electron chi connectivity index (χ0n) is 10.5. The van der Waals surface area contributed by atoms with Crippen LogP contribution in [0.15, 0.2) is 24.3 Å². The Labute approximate surface area is 109 Å². The van der Waals surface area contributed by atoms with Gasteiger partial charge in [-0.25, -0.2) is 0 Å². The van der Waals surface area contributed by atoms with Crippen molar-refractivity contribution in [1.29, 1.82) is 0 Å². The van der Waals surface area contributed by atoms with Crippen LogP contribution < -0.4 is 5.32 Å². The molecule has 1 aliphatic heterocycles. The van der Waals surface area contributed by atoms with Crippen molar-refractivity contribution in [3.63, 3.8) is 0 Å². The molecule has 0 radical (unpaired) electrons. The van der Waals surface area contributed by atoms with Gasteiger partial charge in [0.15, 0.2) is 0 Å². The first kappa shape index (κ1) is 13.3. The van der Waals surface area contributed by atoms with Gasteiger partial charge in [-0.05, 0) is 37.5 Å². The van der Waals surface area contributed by atoms with Crippen LogP contribution in [0.5, 0.6) is 5.75 Å². The Bertz CT molecular complexity index is 408. The lowest BCUT2D eigenvalue weighted by atomic mass is 10.2. The Morgan fingerprint density at radius 3 is 2.89 bits per heavy atom. The Morgan fingerprint density at radius 2 is 2.22 bits per heavy atom. The van der Waals surface area contributed by atoms with Gasteiger partial charge in [0, 0.05) is 30.9 Å². The molecule has 0 spiro atoms. The van der Waals surface area contributed by atoms with Crippen molar-refractivity contribution in [3.8, 4) is 5.75 Å². The molecule has 1 saturated heterocycles. The first-order valence-corrected chi connectivity index (χ1v) is 7.43. The van der Waals surface area contributed by atoms with E-state index in [-0.39, 0.29) is 11.7 Å². The van der Waals surface area contributed by atoms with E-state index in [1.807, 2.05) is 0 Å². The van der Waals surface area contributed by atoms with E-state index in [1.54, 1.807) is 12.1 Å². The maximum absolute atomic E-state index is 11.9. The van der Waals surface area contributed by atoms with Crippen molar-refractivity contribution in [1.82, 2.24) is 10.2 Å². The summed E-state index contributed by atoms with van der Waals surface area (Å²) in [7, 11) is 3.06. The number of hydrogen-bond donors (Lipinski definition) is 2. The smallest absolute Gasteiger partial charge is 0.251 e. The molecule has 2 unspecified atom stereocenters. The van der Waals surface area contributed by atoms with Crippen LogP contribution in [0.25, 0.3) is 0 Å². The van der Waals surface area contributed by atoms with E-state index in [0.717, 1.165) is 21.7 Å². The van der Waals surface area contributed by atoms with Gasteiger partial charge in [-0.3, -0.25) is 4.79 Å². The van der Waals surface area contributed by atoms with Gasteiger partial charge in [-0.15, -0.1) is 8.58 Å². The van der Waals surface area contributed by atoms with E-state index in [4.69, 9.17) is 5.11 Å². The van der Waals surface area contributed by atoms with Gasteiger partial charge >= 0.3 is 0 Å². The lowest BCUT2D eigenvalue weighted by Crippen LogP contribution is -2.40. The minimum absolute atomic E-state index is 0.0620. The first-order valence-electron chi connectivity index (χ1n) is 6.14. The van der Waals surface area contributed by atoms with Crippen molar-refractivity contribution >= 4 is 14.5 Å². The maximum atomic E-state index is 11.9. The van der Waals surface area contributed by atoms with E-state index < -0.39 is 0 Å². The highest BCUT2D eigenvalue weighted by molar-refractivity contribution is 7.39. The molecule has 18 heavy (non-hydrogen) atoms. The number of nitrogens with zero attached hydrogens (tertiary/aromatic N) is 1. The van der Waals surface area contributed by atoms with Crippen LogP contribution in [0, 0.1) is 0 Å². The highest BCUT2D eigenvalue weighted by Gasteiger charge is 2.17. The molecule has 1 aromatic rings. The molecule has 1 heterocycles. The standard InChI is InChI=1S/C13H19N2O2P/c1-15-6-7-18-12(9-15)8-14-13(17)10-2-4-11(16)5-3-10/h2-5,12,16,18H,6-9H2,1H3,(H,14,17). The van der Waals surface area contributed by atoms with Crippen LogP contribution in [0.4, 0.5) is 0 Å². The number of phenolic OH excluding ortho intramolecular Hbond substituents is 1. The molecule has 1 aliphatic rings. The second-order valence-corrected chi connectivity index (χ2v) is 6.39. The lowest BCUT2D eigenvalue weighted by Gasteiger charge is -2.29.